The number of hydrogen-bond donors (Lipinski definition) is 2. The third kappa shape index (κ3) is 5.28. The van der Waals surface area contributed by atoms with E-state index in [1.807, 2.05) is 5.38 Å². The molecule has 1 atom stereocenters. The number of amides is 1. The Morgan fingerprint density at radius 1 is 1.45 bits per heavy atom. The number of likely N-dealkylation sites (tertiary alicyclic amines) is 1. The van der Waals surface area contributed by atoms with E-state index in [1.165, 1.54) is 12.1 Å². The van der Waals surface area contributed by atoms with Gasteiger partial charge in [-0.05, 0) is 25.0 Å². The van der Waals surface area contributed by atoms with Crippen LogP contribution >= 0.6 is 11.3 Å². The quantitative estimate of drug-likeness (QED) is 0.494. The van der Waals surface area contributed by atoms with Gasteiger partial charge < -0.3 is 10.2 Å². The summed E-state index contributed by atoms with van der Waals surface area (Å²) in [4.78, 5) is 28.9. The van der Waals surface area contributed by atoms with Gasteiger partial charge in [0.2, 0.25) is 15.9 Å². The van der Waals surface area contributed by atoms with Crippen LogP contribution in [-0.4, -0.2) is 48.8 Å². The number of nitrogens with zero attached hydrogens (tertiary/aromatic N) is 3. The maximum atomic E-state index is 12.5. The van der Waals surface area contributed by atoms with Gasteiger partial charge in [0.1, 0.15) is 5.69 Å². The molecule has 3 N–H and O–H groups in total. The van der Waals surface area contributed by atoms with Crippen molar-refractivity contribution in [3.05, 3.63) is 44.9 Å². The summed E-state index contributed by atoms with van der Waals surface area (Å²) in [6, 6.07) is 3.38. The Balaban J connectivity index is 1.59. The highest BCUT2D eigenvalue weighted by Gasteiger charge is 2.26. The average molecular weight is 440 g/mol. The van der Waals surface area contributed by atoms with Crippen molar-refractivity contribution in [1.29, 1.82) is 0 Å². The van der Waals surface area contributed by atoms with Crippen molar-refractivity contribution in [3.8, 4) is 0 Å². The standard InChI is InChI=1S/C17H21N5O5S2/c18-29(26,27)13-3-4-14(15(10-13)22(24)25)19-6-5-16(23)21-8-1-2-12(11-21)17-20-7-9-28-17/h3-4,7,9-10,12,19H,1-2,5-6,8,11H2,(H2,18,26,27). The lowest BCUT2D eigenvalue weighted by atomic mass is 9.98. The van der Waals surface area contributed by atoms with E-state index in [0.717, 1.165) is 23.9 Å². The number of rotatable bonds is 7. The number of thiazole rings is 1. The molecule has 156 valence electrons. The summed E-state index contributed by atoms with van der Waals surface area (Å²) in [5.74, 6) is 0.204. The monoisotopic (exact) mass is 439 g/mol. The molecule has 0 aliphatic carbocycles. The Hall–Kier alpha value is -2.57. The van der Waals surface area contributed by atoms with E-state index in [-0.39, 0.29) is 35.4 Å². The number of anilines is 1. The third-order valence-electron chi connectivity index (χ3n) is 4.72. The van der Waals surface area contributed by atoms with Crippen LogP contribution < -0.4 is 10.5 Å². The van der Waals surface area contributed by atoms with Crippen LogP contribution in [0.4, 0.5) is 11.4 Å². The van der Waals surface area contributed by atoms with Gasteiger partial charge in [-0.2, -0.15) is 0 Å². The van der Waals surface area contributed by atoms with Crippen LogP contribution in [0.25, 0.3) is 0 Å². The Kier molecular flexibility index (Phi) is 6.45. The van der Waals surface area contributed by atoms with E-state index in [4.69, 9.17) is 5.14 Å². The second-order valence-corrected chi connectivity index (χ2v) is 9.19. The highest BCUT2D eigenvalue weighted by atomic mass is 32.2. The molecule has 1 amide bonds. The predicted octanol–water partition coefficient (Wildman–Crippen LogP) is 1.91. The van der Waals surface area contributed by atoms with E-state index in [1.54, 1.807) is 22.4 Å². The van der Waals surface area contributed by atoms with E-state index in [2.05, 4.69) is 10.3 Å². The van der Waals surface area contributed by atoms with Crippen molar-refractivity contribution >= 4 is 38.6 Å². The molecule has 1 fully saturated rings. The first-order valence-corrected chi connectivity index (χ1v) is 11.4. The Morgan fingerprint density at radius 3 is 2.90 bits per heavy atom. The number of aromatic nitrogens is 1. The third-order valence-corrected chi connectivity index (χ3v) is 6.57. The number of nitrogens with two attached hydrogens (primary N) is 1. The molecule has 1 aromatic heterocycles. The fourth-order valence-electron chi connectivity index (χ4n) is 3.29. The molecule has 0 bridgehead atoms. The van der Waals surface area contributed by atoms with Crippen LogP contribution in [-0.2, 0) is 14.8 Å². The van der Waals surface area contributed by atoms with Gasteiger partial charge in [-0.1, -0.05) is 0 Å². The molecule has 1 aliphatic rings. The smallest absolute Gasteiger partial charge is 0.293 e. The van der Waals surface area contributed by atoms with E-state index >= 15 is 0 Å². The van der Waals surface area contributed by atoms with Gasteiger partial charge in [-0.25, -0.2) is 18.5 Å². The Morgan fingerprint density at radius 2 is 2.24 bits per heavy atom. The van der Waals surface area contributed by atoms with Crippen LogP contribution in [0, 0.1) is 10.1 Å². The number of hydrogen-bond acceptors (Lipinski definition) is 8. The highest BCUT2D eigenvalue weighted by Crippen LogP contribution is 2.29. The molecule has 2 heterocycles. The lowest BCUT2D eigenvalue weighted by molar-refractivity contribution is -0.384. The molecular weight excluding hydrogens is 418 g/mol. The second-order valence-electron chi connectivity index (χ2n) is 6.71. The summed E-state index contributed by atoms with van der Waals surface area (Å²) in [5, 5.41) is 22.1. The SMILES string of the molecule is NS(=O)(=O)c1ccc(NCCC(=O)N2CCCC(c3nccs3)C2)c([N+](=O)[O-])c1. The number of nitro benzene ring substituents is 1. The molecular formula is C17H21N5O5S2. The molecule has 10 nitrogen and oxygen atoms in total. The van der Waals surface area contributed by atoms with Crippen molar-refractivity contribution in [2.75, 3.05) is 25.0 Å². The molecule has 1 saturated heterocycles. The molecule has 1 aromatic carbocycles. The van der Waals surface area contributed by atoms with Crippen LogP contribution in [0.1, 0.15) is 30.2 Å². The van der Waals surface area contributed by atoms with Gasteiger partial charge >= 0.3 is 0 Å². The van der Waals surface area contributed by atoms with Gasteiger partial charge in [-0.15, -0.1) is 11.3 Å². The summed E-state index contributed by atoms with van der Waals surface area (Å²) in [6.07, 6.45) is 3.83. The number of primary sulfonamides is 1. The number of piperidine rings is 1. The van der Waals surface area contributed by atoms with Gasteiger partial charge in [0.05, 0.1) is 14.8 Å². The van der Waals surface area contributed by atoms with Crippen molar-refractivity contribution in [3.63, 3.8) is 0 Å². The maximum Gasteiger partial charge on any atom is 0.293 e. The highest BCUT2D eigenvalue weighted by molar-refractivity contribution is 7.89. The number of sulfonamides is 1. The summed E-state index contributed by atoms with van der Waals surface area (Å²) in [5.41, 5.74) is -0.278. The molecule has 12 heteroatoms. The number of carbonyl (C=O) groups is 1. The largest absolute Gasteiger partial charge is 0.379 e. The topological polar surface area (TPSA) is 149 Å². The first-order chi connectivity index (χ1) is 13.8. The van der Waals surface area contributed by atoms with E-state index in [9.17, 15) is 23.3 Å². The molecule has 2 aromatic rings. The van der Waals surface area contributed by atoms with Gasteiger partial charge in [0.15, 0.2) is 0 Å². The number of benzene rings is 1. The molecule has 3 rings (SSSR count). The van der Waals surface area contributed by atoms with Crippen LogP contribution in [0.3, 0.4) is 0 Å². The zero-order valence-corrected chi connectivity index (χ0v) is 17.1. The lowest BCUT2D eigenvalue weighted by Gasteiger charge is -2.32. The summed E-state index contributed by atoms with van der Waals surface area (Å²) < 4.78 is 22.8. The molecule has 0 saturated carbocycles. The molecule has 0 radical (unpaired) electrons. The Labute approximate surface area is 171 Å². The molecule has 1 unspecified atom stereocenters. The summed E-state index contributed by atoms with van der Waals surface area (Å²) in [6.45, 7) is 1.49. The first kappa shape index (κ1) is 21.1. The zero-order chi connectivity index (χ0) is 21.0. The fourth-order valence-corrected chi connectivity index (χ4v) is 4.59. The Bertz CT molecular complexity index is 994. The van der Waals surface area contributed by atoms with Crippen molar-refractivity contribution in [2.24, 2.45) is 5.14 Å². The predicted molar refractivity (Wildman–Crippen MR) is 108 cm³/mol. The molecule has 0 spiro atoms. The average Bonchev–Trinajstić information content (AvgIpc) is 3.22. The second kappa shape index (κ2) is 8.84. The first-order valence-electron chi connectivity index (χ1n) is 8.98. The van der Waals surface area contributed by atoms with E-state index < -0.39 is 20.6 Å². The molecule has 29 heavy (non-hydrogen) atoms. The van der Waals surface area contributed by atoms with Crippen LogP contribution in [0.2, 0.25) is 0 Å². The number of nitro groups is 1. The van der Waals surface area contributed by atoms with Gasteiger partial charge in [0.25, 0.3) is 5.69 Å². The van der Waals surface area contributed by atoms with Crippen molar-refractivity contribution < 1.29 is 18.1 Å². The normalized spacial score (nSPS) is 17.1. The van der Waals surface area contributed by atoms with E-state index in [0.29, 0.717) is 13.1 Å². The minimum absolute atomic E-state index is 0.0393. The van der Waals surface area contributed by atoms with Crippen molar-refractivity contribution in [2.45, 2.75) is 30.1 Å². The molecule has 1 aliphatic heterocycles. The summed E-state index contributed by atoms with van der Waals surface area (Å²) in [7, 11) is -4.05. The minimum atomic E-state index is -4.05. The minimum Gasteiger partial charge on any atom is -0.379 e. The lowest BCUT2D eigenvalue weighted by Crippen LogP contribution is -2.39. The fraction of sp³-hybridized carbons (Fsp3) is 0.412. The zero-order valence-electron chi connectivity index (χ0n) is 15.5. The summed E-state index contributed by atoms with van der Waals surface area (Å²) >= 11 is 1.59. The number of carbonyl (C=O) groups excluding carboxylic acids is 1. The van der Waals surface area contributed by atoms with Crippen LogP contribution in [0.15, 0.2) is 34.7 Å². The maximum absolute atomic E-state index is 12.5. The van der Waals surface area contributed by atoms with Gasteiger partial charge in [0, 0.05) is 49.6 Å². The number of nitrogens with one attached hydrogen (secondary N) is 1. The van der Waals surface area contributed by atoms with Crippen LogP contribution in [0.5, 0.6) is 0 Å². The van der Waals surface area contributed by atoms with Gasteiger partial charge in [-0.3, -0.25) is 14.9 Å². The van der Waals surface area contributed by atoms with Crippen molar-refractivity contribution in [1.82, 2.24) is 9.88 Å².